The zero-order chi connectivity index (χ0) is 14.8. The molecule has 0 aliphatic carbocycles. The molecule has 0 aliphatic rings. The minimum Gasteiger partial charge on any atom is -0.494 e. The fourth-order valence-electron chi connectivity index (χ4n) is 1.65. The molecule has 0 aromatic heterocycles. The minimum absolute atomic E-state index is 0.207. The highest BCUT2D eigenvalue weighted by Gasteiger charge is 2.07. The molecule has 20 heavy (non-hydrogen) atoms. The van der Waals surface area contributed by atoms with Gasteiger partial charge in [-0.2, -0.15) is 0 Å². The maximum Gasteiger partial charge on any atom is 0.251 e. The van der Waals surface area contributed by atoms with Crippen molar-refractivity contribution in [1.82, 2.24) is 5.32 Å². The van der Waals surface area contributed by atoms with Crippen LogP contribution in [0.15, 0.2) is 24.3 Å². The standard InChI is InChI=1S/C15H23NO4/c1-12(18)11-16-15(19)13-6-5-7-14(10-13)20-9-4-2-3-8-17/h5-7,10,12,17-18H,2-4,8-9,11H2,1H3,(H,16,19)/t12-/m0/s1. The summed E-state index contributed by atoms with van der Waals surface area (Å²) in [5, 5.41) is 20.4. The third kappa shape index (κ3) is 6.54. The zero-order valence-corrected chi connectivity index (χ0v) is 11.8. The van der Waals surface area contributed by atoms with Crippen LogP contribution in [0.25, 0.3) is 0 Å². The maximum atomic E-state index is 11.8. The van der Waals surface area contributed by atoms with E-state index in [0.29, 0.717) is 17.9 Å². The van der Waals surface area contributed by atoms with Crippen molar-refractivity contribution in [1.29, 1.82) is 0 Å². The third-order valence-corrected chi connectivity index (χ3v) is 2.73. The van der Waals surface area contributed by atoms with Crippen molar-refractivity contribution in [2.75, 3.05) is 19.8 Å². The molecular weight excluding hydrogens is 258 g/mol. The lowest BCUT2D eigenvalue weighted by atomic mass is 10.2. The summed E-state index contributed by atoms with van der Waals surface area (Å²) in [7, 11) is 0. The van der Waals surface area contributed by atoms with Crippen LogP contribution in [0.3, 0.4) is 0 Å². The van der Waals surface area contributed by atoms with Gasteiger partial charge in [0.25, 0.3) is 5.91 Å². The first-order chi connectivity index (χ1) is 9.63. The number of hydrogen-bond acceptors (Lipinski definition) is 4. The number of carbonyl (C=O) groups is 1. The topological polar surface area (TPSA) is 78.8 Å². The number of aliphatic hydroxyl groups is 2. The molecule has 0 fully saturated rings. The van der Waals surface area contributed by atoms with Gasteiger partial charge >= 0.3 is 0 Å². The Balaban J connectivity index is 2.42. The fourth-order valence-corrected chi connectivity index (χ4v) is 1.65. The van der Waals surface area contributed by atoms with E-state index in [1.807, 2.05) is 0 Å². The van der Waals surface area contributed by atoms with Gasteiger partial charge in [-0.3, -0.25) is 4.79 Å². The highest BCUT2D eigenvalue weighted by Crippen LogP contribution is 2.14. The molecule has 5 nitrogen and oxygen atoms in total. The molecule has 0 saturated heterocycles. The molecule has 1 atom stereocenters. The largest absolute Gasteiger partial charge is 0.494 e. The number of ether oxygens (including phenoxy) is 1. The van der Waals surface area contributed by atoms with Crippen molar-refractivity contribution in [3.8, 4) is 5.75 Å². The Morgan fingerprint density at radius 3 is 2.85 bits per heavy atom. The number of rotatable bonds is 9. The smallest absolute Gasteiger partial charge is 0.251 e. The van der Waals surface area contributed by atoms with Crippen LogP contribution in [-0.4, -0.2) is 42.0 Å². The van der Waals surface area contributed by atoms with E-state index < -0.39 is 6.10 Å². The van der Waals surface area contributed by atoms with Crippen LogP contribution < -0.4 is 10.1 Å². The minimum atomic E-state index is -0.565. The summed E-state index contributed by atoms with van der Waals surface area (Å²) in [5.41, 5.74) is 0.513. The van der Waals surface area contributed by atoms with Crippen LogP contribution in [0, 0.1) is 0 Å². The van der Waals surface area contributed by atoms with Crippen molar-refractivity contribution in [2.45, 2.75) is 32.3 Å². The van der Waals surface area contributed by atoms with Crippen molar-refractivity contribution < 1.29 is 19.7 Å². The summed E-state index contributed by atoms with van der Waals surface area (Å²) in [6.07, 6.45) is 2.01. The van der Waals surface area contributed by atoms with Crippen LogP contribution >= 0.6 is 0 Å². The zero-order valence-electron chi connectivity index (χ0n) is 11.8. The van der Waals surface area contributed by atoms with Crippen LogP contribution in [0.4, 0.5) is 0 Å². The average Bonchev–Trinajstić information content (AvgIpc) is 2.45. The van der Waals surface area contributed by atoms with Crippen molar-refractivity contribution >= 4 is 5.91 Å². The van der Waals surface area contributed by atoms with Gasteiger partial charge in [-0.05, 0) is 44.4 Å². The SMILES string of the molecule is C[C@H](O)CNC(=O)c1cccc(OCCCCCO)c1. The summed E-state index contributed by atoms with van der Waals surface area (Å²) in [6.45, 7) is 2.62. The Morgan fingerprint density at radius 2 is 2.15 bits per heavy atom. The van der Waals surface area contributed by atoms with Gasteiger partial charge in [-0.15, -0.1) is 0 Å². The van der Waals surface area contributed by atoms with Gasteiger partial charge in [0.2, 0.25) is 0 Å². The second-order valence-electron chi connectivity index (χ2n) is 4.72. The molecule has 0 saturated carbocycles. The first kappa shape index (κ1) is 16.5. The molecule has 5 heteroatoms. The lowest BCUT2D eigenvalue weighted by Gasteiger charge is -2.09. The molecule has 0 bridgehead atoms. The first-order valence-corrected chi connectivity index (χ1v) is 6.93. The van der Waals surface area contributed by atoms with E-state index in [0.717, 1.165) is 19.3 Å². The van der Waals surface area contributed by atoms with Crippen molar-refractivity contribution in [2.24, 2.45) is 0 Å². The number of carbonyl (C=O) groups excluding carboxylic acids is 1. The fraction of sp³-hybridized carbons (Fsp3) is 0.533. The second kappa shape index (κ2) is 9.34. The molecule has 0 radical (unpaired) electrons. The number of amides is 1. The molecule has 0 aliphatic heterocycles. The van der Waals surface area contributed by atoms with Gasteiger partial charge in [0, 0.05) is 18.7 Å². The van der Waals surface area contributed by atoms with Crippen LogP contribution in [-0.2, 0) is 0 Å². The number of benzene rings is 1. The lowest BCUT2D eigenvalue weighted by Crippen LogP contribution is -2.30. The van der Waals surface area contributed by atoms with Gasteiger partial charge in [0.05, 0.1) is 12.7 Å². The second-order valence-corrected chi connectivity index (χ2v) is 4.72. The van der Waals surface area contributed by atoms with E-state index in [4.69, 9.17) is 14.9 Å². The Labute approximate surface area is 119 Å². The molecule has 1 aromatic carbocycles. The predicted octanol–water partition coefficient (Wildman–Crippen LogP) is 1.34. The first-order valence-electron chi connectivity index (χ1n) is 6.93. The Hall–Kier alpha value is -1.59. The summed E-state index contributed by atoms with van der Waals surface area (Å²) >= 11 is 0. The van der Waals surface area contributed by atoms with Gasteiger partial charge in [-0.25, -0.2) is 0 Å². The van der Waals surface area contributed by atoms with E-state index >= 15 is 0 Å². The highest BCUT2D eigenvalue weighted by molar-refractivity contribution is 5.94. The van der Waals surface area contributed by atoms with Crippen molar-refractivity contribution in [3.63, 3.8) is 0 Å². The molecular formula is C15H23NO4. The molecule has 112 valence electrons. The Bertz CT molecular complexity index is 407. The number of aliphatic hydroxyl groups excluding tert-OH is 2. The molecule has 1 amide bonds. The maximum absolute atomic E-state index is 11.8. The van der Waals surface area contributed by atoms with Crippen molar-refractivity contribution in [3.05, 3.63) is 29.8 Å². The van der Waals surface area contributed by atoms with Crippen LogP contribution in [0.2, 0.25) is 0 Å². The van der Waals surface area contributed by atoms with Crippen LogP contribution in [0.1, 0.15) is 36.5 Å². The number of unbranched alkanes of at least 4 members (excludes halogenated alkanes) is 2. The monoisotopic (exact) mass is 281 g/mol. The summed E-state index contributed by atoms with van der Waals surface area (Å²) in [5.74, 6) is 0.426. The normalized spacial score (nSPS) is 11.9. The van der Waals surface area contributed by atoms with E-state index in [2.05, 4.69) is 5.32 Å². The predicted molar refractivity (Wildman–Crippen MR) is 76.9 cm³/mol. The molecule has 0 spiro atoms. The highest BCUT2D eigenvalue weighted by atomic mass is 16.5. The van der Waals surface area contributed by atoms with E-state index in [1.54, 1.807) is 31.2 Å². The van der Waals surface area contributed by atoms with Gasteiger partial charge in [0.1, 0.15) is 5.75 Å². The average molecular weight is 281 g/mol. The molecule has 0 unspecified atom stereocenters. The molecule has 3 N–H and O–H groups in total. The lowest BCUT2D eigenvalue weighted by molar-refractivity contribution is 0.0923. The molecule has 0 heterocycles. The molecule has 1 rings (SSSR count). The summed E-state index contributed by atoms with van der Waals surface area (Å²) < 4.78 is 5.56. The summed E-state index contributed by atoms with van der Waals surface area (Å²) in [6, 6.07) is 6.96. The number of hydrogen-bond donors (Lipinski definition) is 3. The summed E-state index contributed by atoms with van der Waals surface area (Å²) in [4.78, 5) is 11.8. The van der Waals surface area contributed by atoms with E-state index in [1.165, 1.54) is 0 Å². The van der Waals surface area contributed by atoms with Gasteiger partial charge < -0.3 is 20.3 Å². The van der Waals surface area contributed by atoms with E-state index in [9.17, 15) is 4.79 Å². The van der Waals surface area contributed by atoms with Crippen LogP contribution in [0.5, 0.6) is 5.75 Å². The number of nitrogens with one attached hydrogen (secondary N) is 1. The quantitative estimate of drug-likeness (QED) is 0.597. The Morgan fingerprint density at radius 1 is 1.35 bits per heavy atom. The van der Waals surface area contributed by atoms with Gasteiger partial charge in [0.15, 0.2) is 0 Å². The third-order valence-electron chi connectivity index (χ3n) is 2.73. The van der Waals surface area contributed by atoms with Gasteiger partial charge in [-0.1, -0.05) is 6.07 Å². The molecule has 1 aromatic rings. The van der Waals surface area contributed by atoms with E-state index in [-0.39, 0.29) is 19.1 Å². The Kier molecular flexibility index (Phi) is 7.69.